The van der Waals surface area contributed by atoms with Crippen LogP contribution in [0.1, 0.15) is 0 Å². The van der Waals surface area contributed by atoms with E-state index in [-0.39, 0.29) is 0 Å². The van der Waals surface area contributed by atoms with Crippen LogP contribution in [0.2, 0.25) is 15.1 Å². The Morgan fingerprint density at radius 3 is 2.08 bits per heavy atom. The summed E-state index contributed by atoms with van der Waals surface area (Å²) in [6, 6.07) is 3.14. The van der Waals surface area contributed by atoms with Gasteiger partial charge in [-0.15, -0.1) is 11.6 Å². The van der Waals surface area contributed by atoms with Gasteiger partial charge in [-0.1, -0.05) is 34.8 Å². The molecular weight excluding hydrogens is 254 g/mol. The van der Waals surface area contributed by atoms with Crippen molar-refractivity contribution in [1.82, 2.24) is 0 Å². The van der Waals surface area contributed by atoms with E-state index in [0.717, 1.165) is 0 Å². The number of hydrogen-bond donors (Lipinski definition) is 0. The molecule has 0 radical (unpaired) electrons. The Balaban J connectivity index is 2.92. The Morgan fingerprint density at radius 1 is 1.08 bits per heavy atom. The zero-order chi connectivity index (χ0) is 9.84. The van der Waals surface area contributed by atoms with Crippen molar-refractivity contribution >= 4 is 46.4 Å². The normalized spacial score (nSPS) is 10.2. The van der Waals surface area contributed by atoms with Gasteiger partial charge >= 0.3 is 0 Å². The van der Waals surface area contributed by atoms with Crippen LogP contribution < -0.4 is 4.74 Å². The number of alkyl halides is 1. The molecule has 1 aromatic carbocycles. The molecule has 0 fully saturated rings. The minimum atomic E-state index is 0.364. The minimum Gasteiger partial charge on any atom is -0.489 e. The molecule has 0 N–H and O–H groups in total. The van der Waals surface area contributed by atoms with Gasteiger partial charge in [0.2, 0.25) is 0 Å². The Kier molecular flexibility index (Phi) is 4.47. The molecule has 72 valence electrons. The zero-order valence-electron chi connectivity index (χ0n) is 6.49. The highest BCUT2D eigenvalue weighted by Gasteiger charge is 2.08. The largest absolute Gasteiger partial charge is 0.489 e. The molecule has 0 amide bonds. The predicted molar refractivity (Wildman–Crippen MR) is 57.7 cm³/mol. The smallest absolute Gasteiger partial charge is 0.156 e. The topological polar surface area (TPSA) is 9.23 Å². The molecule has 0 aromatic heterocycles. The van der Waals surface area contributed by atoms with Crippen molar-refractivity contribution in [2.45, 2.75) is 0 Å². The lowest BCUT2D eigenvalue weighted by Gasteiger charge is -2.08. The molecule has 5 heteroatoms. The van der Waals surface area contributed by atoms with E-state index in [9.17, 15) is 0 Å². The Hall–Kier alpha value is 0.180. The number of benzene rings is 1. The molecular formula is C8H6Cl4O. The van der Waals surface area contributed by atoms with Gasteiger partial charge in [0.25, 0.3) is 0 Å². The number of rotatable bonds is 3. The van der Waals surface area contributed by atoms with E-state index < -0.39 is 0 Å². The highest BCUT2D eigenvalue weighted by atomic mass is 35.5. The zero-order valence-corrected chi connectivity index (χ0v) is 9.51. The summed E-state index contributed by atoms with van der Waals surface area (Å²) in [7, 11) is 0. The number of ether oxygens (including phenoxy) is 1. The SMILES string of the molecule is ClCCOc1c(Cl)cc(Cl)cc1Cl. The average molecular weight is 260 g/mol. The van der Waals surface area contributed by atoms with Gasteiger partial charge in [-0.05, 0) is 12.1 Å². The second-order valence-electron chi connectivity index (χ2n) is 2.24. The average Bonchev–Trinajstić information content (AvgIpc) is 2.02. The van der Waals surface area contributed by atoms with Crippen molar-refractivity contribution in [3.05, 3.63) is 27.2 Å². The van der Waals surface area contributed by atoms with Crippen LogP contribution in [0.5, 0.6) is 5.75 Å². The summed E-state index contributed by atoms with van der Waals surface area (Å²) in [4.78, 5) is 0. The van der Waals surface area contributed by atoms with Crippen LogP contribution in [-0.4, -0.2) is 12.5 Å². The van der Waals surface area contributed by atoms with Gasteiger partial charge in [0, 0.05) is 5.02 Å². The van der Waals surface area contributed by atoms with Crippen molar-refractivity contribution in [3.63, 3.8) is 0 Å². The van der Waals surface area contributed by atoms with E-state index in [1.807, 2.05) is 0 Å². The maximum atomic E-state index is 5.83. The fraction of sp³-hybridized carbons (Fsp3) is 0.250. The third-order valence-corrected chi connectivity index (χ3v) is 2.22. The molecule has 0 aliphatic carbocycles. The fourth-order valence-corrected chi connectivity index (χ4v) is 1.81. The highest BCUT2D eigenvalue weighted by molar-refractivity contribution is 6.40. The van der Waals surface area contributed by atoms with E-state index in [4.69, 9.17) is 51.1 Å². The lowest BCUT2D eigenvalue weighted by atomic mass is 10.3. The molecule has 1 aromatic rings. The Bertz CT molecular complexity index is 277. The molecule has 0 heterocycles. The first kappa shape index (κ1) is 11.3. The summed E-state index contributed by atoms with van der Waals surface area (Å²) in [5.41, 5.74) is 0. The van der Waals surface area contributed by atoms with E-state index in [1.165, 1.54) is 0 Å². The number of hydrogen-bond acceptors (Lipinski definition) is 1. The van der Waals surface area contributed by atoms with Gasteiger partial charge < -0.3 is 4.74 Å². The lowest BCUT2D eigenvalue weighted by Crippen LogP contribution is -1.99. The van der Waals surface area contributed by atoms with Crippen molar-refractivity contribution < 1.29 is 4.74 Å². The van der Waals surface area contributed by atoms with Crippen molar-refractivity contribution in [1.29, 1.82) is 0 Å². The summed E-state index contributed by atoms with van der Waals surface area (Å²) in [5, 5.41) is 1.26. The molecule has 0 saturated carbocycles. The molecule has 0 spiro atoms. The maximum Gasteiger partial charge on any atom is 0.156 e. The van der Waals surface area contributed by atoms with Crippen LogP contribution >= 0.6 is 46.4 Å². The molecule has 0 bridgehead atoms. The quantitative estimate of drug-likeness (QED) is 0.737. The van der Waals surface area contributed by atoms with Crippen LogP contribution in [0.4, 0.5) is 0 Å². The molecule has 13 heavy (non-hydrogen) atoms. The molecule has 1 nitrogen and oxygen atoms in total. The first-order chi connectivity index (χ1) is 6.15. The van der Waals surface area contributed by atoms with Gasteiger partial charge in [-0.2, -0.15) is 0 Å². The van der Waals surface area contributed by atoms with Crippen LogP contribution in [-0.2, 0) is 0 Å². The number of halogens is 4. The Morgan fingerprint density at radius 2 is 1.62 bits per heavy atom. The molecule has 0 unspecified atom stereocenters. The van der Waals surface area contributed by atoms with E-state index in [1.54, 1.807) is 12.1 Å². The lowest BCUT2D eigenvalue weighted by molar-refractivity contribution is 0.343. The maximum absolute atomic E-state index is 5.83. The minimum absolute atomic E-state index is 0.364. The van der Waals surface area contributed by atoms with Crippen molar-refractivity contribution in [2.24, 2.45) is 0 Å². The highest BCUT2D eigenvalue weighted by Crippen LogP contribution is 2.35. The summed E-state index contributed by atoms with van der Waals surface area (Å²) in [5.74, 6) is 0.809. The molecule has 1 rings (SSSR count). The summed E-state index contributed by atoms with van der Waals surface area (Å²) in [6.45, 7) is 0.364. The van der Waals surface area contributed by atoms with Gasteiger partial charge in [0.15, 0.2) is 5.75 Å². The van der Waals surface area contributed by atoms with Crippen LogP contribution in [0.25, 0.3) is 0 Å². The standard InChI is InChI=1S/C8H6Cl4O/c9-1-2-13-8-6(11)3-5(10)4-7(8)12/h3-4H,1-2H2. The third kappa shape index (κ3) is 3.10. The van der Waals surface area contributed by atoms with Crippen molar-refractivity contribution in [3.8, 4) is 5.75 Å². The van der Waals surface area contributed by atoms with Gasteiger partial charge in [-0.25, -0.2) is 0 Å². The van der Waals surface area contributed by atoms with Gasteiger partial charge in [0.05, 0.1) is 15.9 Å². The van der Waals surface area contributed by atoms with Crippen molar-refractivity contribution in [2.75, 3.05) is 12.5 Å². The van der Waals surface area contributed by atoms with Gasteiger partial charge in [0.1, 0.15) is 6.61 Å². The third-order valence-electron chi connectivity index (χ3n) is 1.29. The summed E-state index contributed by atoms with van der Waals surface area (Å²) in [6.07, 6.45) is 0. The molecule has 0 aliphatic rings. The van der Waals surface area contributed by atoms with E-state index >= 15 is 0 Å². The van der Waals surface area contributed by atoms with Gasteiger partial charge in [-0.3, -0.25) is 0 Å². The fourth-order valence-electron chi connectivity index (χ4n) is 0.807. The first-order valence-electron chi connectivity index (χ1n) is 3.48. The predicted octanol–water partition coefficient (Wildman–Crippen LogP) is 4.26. The molecule has 0 aliphatic heterocycles. The second kappa shape index (κ2) is 5.16. The molecule has 0 atom stereocenters. The van der Waals surface area contributed by atoms with Crippen LogP contribution in [0, 0.1) is 0 Å². The molecule has 0 saturated heterocycles. The first-order valence-corrected chi connectivity index (χ1v) is 5.15. The van der Waals surface area contributed by atoms with Crippen LogP contribution in [0.15, 0.2) is 12.1 Å². The summed E-state index contributed by atoms with van der Waals surface area (Å²) < 4.78 is 5.22. The van der Waals surface area contributed by atoms with E-state index in [0.29, 0.717) is 33.3 Å². The Labute approximate surface area is 96.5 Å². The second-order valence-corrected chi connectivity index (χ2v) is 3.86. The van der Waals surface area contributed by atoms with Crippen LogP contribution in [0.3, 0.4) is 0 Å². The van der Waals surface area contributed by atoms with E-state index in [2.05, 4.69) is 0 Å². The summed E-state index contributed by atoms with van der Waals surface area (Å²) >= 11 is 22.8. The monoisotopic (exact) mass is 258 g/mol.